The minimum absolute atomic E-state index is 0. The molecule has 0 aromatic carbocycles. The van der Waals surface area contributed by atoms with Gasteiger partial charge in [-0.25, -0.2) is 17.6 Å². The van der Waals surface area contributed by atoms with Crippen LogP contribution in [0.4, 0.5) is 17.6 Å². The molecule has 0 unspecified atom stereocenters. The summed E-state index contributed by atoms with van der Waals surface area (Å²) < 4.78 is 53.8. The molecule has 152 valence electrons. The Labute approximate surface area is 183 Å². The van der Waals surface area contributed by atoms with Crippen LogP contribution in [-0.2, 0) is 27.5 Å². The zero-order valence-corrected chi connectivity index (χ0v) is 17.2. The number of hydrogen-bond acceptors (Lipinski definition) is 4. The predicted octanol–water partition coefficient (Wildman–Crippen LogP) is 4.35. The third-order valence-corrected chi connectivity index (χ3v) is 3.98. The third-order valence-electron chi connectivity index (χ3n) is 3.98. The zero-order valence-electron chi connectivity index (χ0n) is 14.9. The summed E-state index contributed by atoms with van der Waals surface area (Å²) in [4.78, 5) is 15.0. The number of aromatic nitrogens is 4. The van der Waals surface area contributed by atoms with E-state index >= 15 is 0 Å². The van der Waals surface area contributed by atoms with Crippen molar-refractivity contribution in [1.82, 2.24) is 19.9 Å². The Balaban J connectivity index is 0.00000256. The molecule has 0 atom stereocenters. The van der Waals surface area contributed by atoms with E-state index in [4.69, 9.17) is 0 Å². The number of pyridine rings is 4. The first kappa shape index (κ1) is 21.7. The number of nitrogens with zero attached hydrogens (tertiary/aromatic N) is 4. The van der Waals surface area contributed by atoms with E-state index in [0.29, 0.717) is 11.4 Å². The van der Waals surface area contributed by atoms with Crippen LogP contribution in [0, 0.1) is 35.9 Å². The first-order chi connectivity index (χ1) is 14.0. The third kappa shape index (κ3) is 4.76. The second-order valence-electron chi connectivity index (χ2n) is 5.98. The molecule has 9 heteroatoms. The van der Waals surface area contributed by atoms with Gasteiger partial charge in [0.15, 0.2) is 0 Å². The Hall–Kier alpha value is -2.99. The normalized spacial score (nSPS) is 10.5. The maximum absolute atomic E-state index is 13.9. The molecular formula is C21H10F4N4Pt. The Morgan fingerprint density at radius 3 is 1.47 bits per heavy atom. The quantitative estimate of drug-likeness (QED) is 0.202. The zero-order chi connectivity index (χ0) is 20.4. The van der Waals surface area contributed by atoms with Crippen LogP contribution < -0.4 is 0 Å². The van der Waals surface area contributed by atoms with Crippen molar-refractivity contribution < 1.29 is 38.6 Å². The summed E-state index contributed by atoms with van der Waals surface area (Å²) in [5.41, 5.74) is 1.47. The number of rotatable bonds is 4. The van der Waals surface area contributed by atoms with Crippen molar-refractivity contribution in [1.29, 1.82) is 0 Å². The van der Waals surface area contributed by atoms with Crippen LogP contribution in [0.15, 0.2) is 48.5 Å². The van der Waals surface area contributed by atoms with E-state index in [9.17, 15) is 17.6 Å². The van der Waals surface area contributed by atoms with E-state index in [1.807, 2.05) is 0 Å². The summed E-state index contributed by atoms with van der Waals surface area (Å²) in [7, 11) is 0. The van der Waals surface area contributed by atoms with Crippen LogP contribution in [0.5, 0.6) is 0 Å². The first-order valence-electron chi connectivity index (χ1n) is 8.39. The van der Waals surface area contributed by atoms with Gasteiger partial charge in [0.25, 0.3) is 0 Å². The van der Waals surface area contributed by atoms with E-state index in [0.717, 1.165) is 12.1 Å². The van der Waals surface area contributed by atoms with Crippen molar-refractivity contribution in [3.8, 4) is 22.5 Å². The first-order valence-corrected chi connectivity index (χ1v) is 8.39. The molecule has 0 radical (unpaired) electrons. The van der Waals surface area contributed by atoms with Gasteiger partial charge in [0.1, 0.15) is 23.8 Å². The van der Waals surface area contributed by atoms with Crippen molar-refractivity contribution >= 4 is 0 Å². The minimum atomic E-state index is -1.01. The summed E-state index contributed by atoms with van der Waals surface area (Å²) in [6.45, 7) is 0. The Bertz CT molecular complexity index is 1110. The van der Waals surface area contributed by atoms with Gasteiger partial charge in [0.2, 0.25) is 0 Å². The standard InChI is InChI=1S/C21H10F4N4.Pt/c22-18-9-7-14(20(24)28-18)16-5-1-3-12(26-16)11-13-4-2-6-17(27-13)15-8-10-19(23)29-21(15)25;/h1-6,9-10H,11H2;/q-2;+2. The molecule has 4 aromatic rings. The summed E-state index contributed by atoms with van der Waals surface area (Å²) in [6, 6.07) is 16.7. The van der Waals surface area contributed by atoms with Crippen LogP contribution >= 0.6 is 0 Å². The molecule has 4 aromatic heterocycles. The largest absolute Gasteiger partial charge is 2.00 e. The number of halogens is 4. The van der Waals surface area contributed by atoms with Crippen molar-refractivity contribution in [3.05, 3.63) is 95.8 Å². The summed E-state index contributed by atoms with van der Waals surface area (Å²) in [5, 5.41) is 0. The van der Waals surface area contributed by atoms with E-state index in [-0.39, 0.29) is 50.0 Å². The van der Waals surface area contributed by atoms with Gasteiger partial charge in [-0.3, -0.25) is 9.97 Å². The van der Waals surface area contributed by atoms with E-state index in [1.165, 1.54) is 0 Å². The van der Waals surface area contributed by atoms with Gasteiger partial charge in [-0.05, 0) is 23.5 Å². The van der Waals surface area contributed by atoms with E-state index in [1.54, 1.807) is 36.4 Å². The predicted molar refractivity (Wildman–Crippen MR) is 95.2 cm³/mol. The molecule has 0 aliphatic heterocycles. The van der Waals surface area contributed by atoms with Crippen molar-refractivity contribution in [2.24, 2.45) is 0 Å². The molecule has 4 heterocycles. The molecule has 0 N–H and O–H groups in total. The van der Waals surface area contributed by atoms with Gasteiger partial charge >= 0.3 is 21.1 Å². The fraction of sp³-hybridized carbons (Fsp3) is 0.0476. The fourth-order valence-electron chi connectivity index (χ4n) is 2.73. The van der Waals surface area contributed by atoms with Gasteiger partial charge in [-0.2, -0.15) is 0 Å². The Kier molecular flexibility index (Phi) is 6.67. The molecule has 0 amide bonds. The van der Waals surface area contributed by atoms with Crippen LogP contribution in [0.2, 0.25) is 0 Å². The molecule has 0 aliphatic rings. The summed E-state index contributed by atoms with van der Waals surface area (Å²) in [6.07, 6.45) is 0.258. The second-order valence-corrected chi connectivity index (χ2v) is 5.98. The smallest absolute Gasteiger partial charge is 0.301 e. The van der Waals surface area contributed by atoms with Crippen molar-refractivity contribution in [2.75, 3.05) is 0 Å². The minimum Gasteiger partial charge on any atom is -0.301 e. The van der Waals surface area contributed by atoms with Gasteiger partial charge in [-0.15, -0.1) is 12.1 Å². The van der Waals surface area contributed by atoms with E-state index in [2.05, 4.69) is 32.1 Å². The van der Waals surface area contributed by atoms with Crippen LogP contribution in [-0.4, -0.2) is 19.9 Å². The molecule has 0 aliphatic carbocycles. The molecule has 0 saturated heterocycles. The van der Waals surface area contributed by atoms with Crippen LogP contribution in [0.1, 0.15) is 11.4 Å². The molecule has 0 fully saturated rings. The Morgan fingerprint density at radius 2 is 1.07 bits per heavy atom. The molecule has 0 saturated carbocycles. The average molecular weight is 589 g/mol. The van der Waals surface area contributed by atoms with Crippen molar-refractivity contribution in [3.63, 3.8) is 0 Å². The van der Waals surface area contributed by atoms with Crippen molar-refractivity contribution in [2.45, 2.75) is 6.42 Å². The molecule has 0 spiro atoms. The molecule has 4 rings (SSSR count). The Morgan fingerprint density at radius 1 is 0.633 bits per heavy atom. The summed E-state index contributed by atoms with van der Waals surface area (Å²) >= 11 is 0. The van der Waals surface area contributed by atoms with Gasteiger partial charge < -0.3 is 9.97 Å². The summed E-state index contributed by atoms with van der Waals surface area (Å²) in [5.74, 6) is -3.96. The molecule has 30 heavy (non-hydrogen) atoms. The van der Waals surface area contributed by atoms with Gasteiger partial charge in [0.05, 0.1) is 0 Å². The fourth-order valence-corrected chi connectivity index (χ4v) is 2.73. The SMILES string of the molecule is Fc1c[c-]c(-c2cccc(Cc3cccc(-c4[c-]cc(F)nc4F)n3)n2)c(F)n1.[Pt+2]. The maximum Gasteiger partial charge on any atom is 2.00 e. The van der Waals surface area contributed by atoms with Crippen LogP contribution in [0.3, 0.4) is 0 Å². The second kappa shape index (κ2) is 9.22. The van der Waals surface area contributed by atoms with Gasteiger partial charge in [0, 0.05) is 17.8 Å². The average Bonchev–Trinajstić information content (AvgIpc) is 2.68. The topological polar surface area (TPSA) is 51.6 Å². The van der Waals surface area contributed by atoms with Gasteiger partial charge in [-0.1, -0.05) is 47.5 Å². The van der Waals surface area contributed by atoms with Crippen LogP contribution in [0.25, 0.3) is 22.5 Å². The number of hydrogen-bond donors (Lipinski definition) is 0. The molecule has 4 nitrogen and oxygen atoms in total. The molecular weight excluding hydrogens is 579 g/mol. The maximum atomic E-state index is 13.9. The van der Waals surface area contributed by atoms with E-state index < -0.39 is 23.8 Å². The monoisotopic (exact) mass is 589 g/mol. The molecule has 0 bridgehead atoms.